The van der Waals surface area contributed by atoms with Crippen molar-refractivity contribution >= 4 is 11.6 Å². The first-order valence-corrected chi connectivity index (χ1v) is 7.72. The van der Waals surface area contributed by atoms with Gasteiger partial charge in [-0.25, -0.2) is 0 Å². The Morgan fingerprint density at radius 2 is 1.92 bits per heavy atom. The zero-order chi connectivity index (χ0) is 17.5. The number of nitrogens with zero attached hydrogens (tertiary/aromatic N) is 1. The summed E-state index contributed by atoms with van der Waals surface area (Å²) in [5, 5.41) is 23.0. The lowest BCUT2D eigenvalue weighted by Gasteiger charge is -2.17. The Morgan fingerprint density at radius 1 is 1.21 bits per heavy atom. The number of nitro groups is 1. The fourth-order valence-electron chi connectivity index (χ4n) is 2.65. The number of benzene rings is 2. The molecule has 0 aromatic heterocycles. The molecule has 2 N–H and O–H groups in total. The number of carbonyl (C=O) groups is 1. The summed E-state index contributed by atoms with van der Waals surface area (Å²) in [5.74, 6) is -0.366. The molecule has 0 fully saturated rings. The van der Waals surface area contributed by atoms with E-state index in [1.807, 2.05) is 30.3 Å². The summed E-state index contributed by atoms with van der Waals surface area (Å²) < 4.78 is 0. The molecule has 1 unspecified atom stereocenters. The van der Waals surface area contributed by atoms with Gasteiger partial charge in [-0.05, 0) is 25.0 Å². The van der Waals surface area contributed by atoms with E-state index in [1.54, 1.807) is 13.0 Å². The number of hydrogen-bond donors (Lipinski definition) is 2. The third-order valence-corrected chi connectivity index (χ3v) is 4.00. The molecule has 0 aliphatic carbocycles. The second-order valence-corrected chi connectivity index (χ2v) is 5.54. The Bertz CT molecular complexity index is 716. The summed E-state index contributed by atoms with van der Waals surface area (Å²) in [5.41, 5.74) is 1.60. The quantitative estimate of drug-likeness (QED) is 0.604. The second-order valence-electron chi connectivity index (χ2n) is 5.54. The number of carbonyl (C=O) groups excluding carboxylic acids is 1. The van der Waals surface area contributed by atoms with Crippen molar-refractivity contribution in [3.05, 3.63) is 75.3 Å². The summed E-state index contributed by atoms with van der Waals surface area (Å²) in [6, 6.07) is 14.1. The lowest BCUT2D eigenvalue weighted by Crippen LogP contribution is -2.29. The number of nitrogens with one attached hydrogen (secondary N) is 1. The van der Waals surface area contributed by atoms with E-state index in [4.69, 9.17) is 0 Å². The van der Waals surface area contributed by atoms with Crippen LogP contribution < -0.4 is 5.32 Å². The van der Waals surface area contributed by atoms with Crippen LogP contribution in [0.3, 0.4) is 0 Å². The number of amides is 1. The van der Waals surface area contributed by atoms with Crippen LogP contribution in [0.25, 0.3) is 0 Å². The minimum atomic E-state index is -0.495. The van der Waals surface area contributed by atoms with Crippen molar-refractivity contribution in [1.29, 1.82) is 0 Å². The van der Waals surface area contributed by atoms with E-state index in [-0.39, 0.29) is 24.1 Å². The Kier molecular flexibility index (Phi) is 6.03. The van der Waals surface area contributed by atoms with Crippen LogP contribution in [0.15, 0.2) is 48.5 Å². The van der Waals surface area contributed by atoms with Crippen molar-refractivity contribution < 1.29 is 14.8 Å². The zero-order valence-electron chi connectivity index (χ0n) is 13.4. The van der Waals surface area contributed by atoms with E-state index in [1.165, 1.54) is 12.1 Å². The summed E-state index contributed by atoms with van der Waals surface area (Å²) in [7, 11) is 0. The molecule has 0 spiro atoms. The SMILES string of the molecule is Cc1c(C(=O)NCC(CCO)c2ccccc2)cccc1[N+](=O)[O-]. The van der Waals surface area contributed by atoms with Crippen molar-refractivity contribution in [1.82, 2.24) is 5.32 Å². The molecule has 1 atom stereocenters. The molecule has 2 aromatic rings. The summed E-state index contributed by atoms with van der Waals surface area (Å²) in [6.45, 7) is 1.94. The fraction of sp³-hybridized carbons (Fsp3) is 0.278. The van der Waals surface area contributed by atoms with Crippen LogP contribution in [0.1, 0.15) is 33.8 Å². The maximum absolute atomic E-state index is 12.4. The Balaban J connectivity index is 2.12. The number of rotatable bonds is 7. The third kappa shape index (κ3) is 4.17. The van der Waals surface area contributed by atoms with Crippen molar-refractivity contribution in [2.24, 2.45) is 0 Å². The molecule has 0 aliphatic heterocycles. The van der Waals surface area contributed by atoms with Gasteiger partial charge in [0.05, 0.1) is 4.92 Å². The van der Waals surface area contributed by atoms with Gasteiger partial charge in [-0.15, -0.1) is 0 Å². The first-order valence-electron chi connectivity index (χ1n) is 7.72. The standard InChI is InChI=1S/C18H20N2O4/c1-13-16(8-5-9-17(13)20(23)24)18(22)19-12-15(10-11-21)14-6-3-2-4-7-14/h2-9,15,21H,10-12H2,1H3,(H,19,22). The zero-order valence-corrected chi connectivity index (χ0v) is 13.4. The molecule has 6 heteroatoms. The van der Waals surface area contributed by atoms with Crippen LogP contribution in [-0.2, 0) is 0 Å². The summed E-state index contributed by atoms with van der Waals surface area (Å²) >= 11 is 0. The topological polar surface area (TPSA) is 92.5 Å². The molecule has 0 saturated heterocycles. The van der Waals surface area contributed by atoms with Gasteiger partial charge in [0.15, 0.2) is 0 Å². The number of aliphatic hydroxyl groups is 1. The van der Waals surface area contributed by atoms with Crippen molar-refractivity contribution in [3.8, 4) is 0 Å². The van der Waals surface area contributed by atoms with E-state index in [0.29, 0.717) is 24.1 Å². The van der Waals surface area contributed by atoms with Crippen LogP contribution in [-0.4, -0.2) is 29.1 Å². The van der Waals surface area contributed by atoms with Crippen molar-refractivity contribution in [2.75, 3.05) is 13.2 Å². The van der Waals surface area contributed by atoms with Crippen LogP contribution in [0.5, 0.6) is 0 Å². The van der Waals surface area contributed by atoms with Gasteiger partial charge in [0.1, 0.15) is 0 Å². The van der Waals surface area contributed by atoms with Crippen LogP contribution in [0.2, 0.25) is 0 Å². The largest absolute Gasteiger partial charge is 0.396 e. The normalized spacial score (nSPS) is 11.8. The molecular formula is C18H20N2O4. The maximum Gasteiger partial charge on any atom is 0.273 e. The highest BCUT2D eigenvalue weighted by atomic mass is 16.6. The Labute approximate surface area is 140 Å². The highest BCUT2D eigenvalue weighted by molar-refractivity contribution is 5.96. The predicted octanol–water partition coefficient (Wildman–Crippen LogP) is 2.80. The predicted molar refractivity (Wildman–Crippen MR) is 91.1 cm³/mol. The molecule has 24 heavy (non-hydrogen) atoms. The van der Waals surface area contributed by atoms with Gasteiger partial charge in [0.25, 0.3) is 11.6 Å². The highest BCUT2D eigenvalue weighted by Crippen LogP contribution is 2.22. The summed E-state index contributed by atoms with van der Waals surface area (Å²) in [6.07, 6.45) is 0.526. The lowest BCUT2D eigenvalue weighted by atomic mass is 9.96. The minimum Gasteiger partial charge on any atom is -0.396 e. The average molecular weight is 328 g/mol. The van der Waals surface area contributed by atoms with Crippen LogP contribution >= 0.6 is 0 Å². The summed E-state index contributed by atoms with van der Waals surface area (Å²) in [4.78, 5) is 22.9. The lowest BCUT2D eigenvalue weighted by molar-refractivity contribution is -0.385. The number of hydrogen-bond acceptors (Lipinski definition) is 4. The minimum absolute atomic E-state index is 0.0147. The van der Waals surface area contributed by atoms with Crippen LogP contribution in [0, 0.1) is 17.0 Å². The molecular weight excluding hydrogens is 308 g/mol. The maximum atomic E-state index is 12.4. The van der Waals surface area contributed by atoms with Crippen molar-refractivity contribution in [2.45, 2.75) is 19.3 Å². The van der Waals surface area contributed by atoms with E-state index < -0.39 is 4.92 Å². The smallest absolute Gasteiger partial charge is 0.273 e. The van der Waals surface area contributed by atoms with Gasteiger partial charge in [0, 0.05) is 36.3 Å². The second kappa shape index (κ2) is 8.21. The number of nitro benzene ring substituents is 1. The molecule has 0 aliphatic rings. The molecule has 2 aromatic carbocycles. The highest BCUT2D eigenvalue weighted by Gasteiger charge is 2.19. The van der Waals surface area contributed by atoms with E-state index in [9.17, 15) is 20.0 Å². The van der Waals surface area contributed by atoms with Gasteiger partial charge in [-0.3, -0.25) is 14.9 Å². The van der Waals surface area contributed by atoms with E-state index in [2.05, 4.69) is 5.32 Å². The Hall–Kier alpha value is -2.73. The molecule has 0 heterocycles. The molecule has 0 radical (unpaired) electrons. The molecule has 2 rings (SSSR count). The van der Waals surface area contributed by atoms with Gasteiger partial charge >= 0.3 is 0 Å². The van der Waals surface area contributed by atoms with Gasteiger partial charge in [-0.2, -0.15) is 0 Å². The first kappa shape index (κ1) is 17.6. The van der Waals surface area contributed by atoms with E-state index in [0.717, 1.165) is 5.56 Å². The molecule has 0 bridgehead atoms. The Morgan fingerprint density at radius 3 is 2.54 bits per heavy atom. The molecule has 126 valence electrons. The van der Waals surface area contributed by atoms with Gasteiger partial charge < -0.3 is 10.4 Å². The third-order valence-electron chi connectivity index (χ3n) is 4.00. The fourth-order valence-corrected chi connectivity index (χ4v) is 2.65. The van der Waals surface area contributed by atoms with Gasteiger partial charge in [0.2, 0.25) is 0 Å². The first-order chi connectivity index (χ1) is 11.5. The monoisotopic (exact) mass is 328 g/mol. The van der Waals surface area contributed by atoms with Crippen LogP contribution in [0.4, 0.5) is 5.69 Å². The van der Waals surface area contributed by atoms with Gasteiger partial charge in [-0.1, -0.05) is 36.4 Å². The molecule has 1 amide bonds. The van der Waals surface area contributed by atoms with E-state index >= 15 is 0 Å². The average Bonchev–Trinajstić information content (AvgIpc) is 2.59. The molecule has 6 nitrogen and oxygen atoms in total. The van der Waals surface area contributed by atoms with Crippen molar-refractivity contribution in [3.63, 3.8) is 0 Å². The molecule has 0 saturated carbocycles. The number of aliphatic hydroxyl groups excluding tert-OH is 1.